The van der Waals surface area contributed by atoms with Gasteiger partial charge >= 0.3 is 0 Å². The molecule has 0 bridgehead atoms. The summed E-state index contributed by atoms with van der Waals surface area (Å²) in [4.78, 5) is 15.3. The Hall–Kier alpha value is -1.30. The molecule has 5 N–H and O–H groups in total. The van der Waals surface area contributed by atoms with E-state index in [1.165, 1.54) is 32.1 Å². The Bertz CT molecular complexity index is 340. The Morgan fingerprint density at radius 1 is 1.16 bits per heavy atom. The number of carbonyl (C=O) groups is 1. The van der Waals surface area contributed by atoms with Crippen LogP contribution in [-0.4, -0.2) is 36.7 Å². The molecule has 0 aromatic carbocycles. The van der Waals surface area contributed by atoms with Crippen molar-refractivity contribution in [2.75, 3.05) is 6.54 Å². The molecule has 2 unspecified atom stereocenters. The van der Waals surface area contributed by atoms with Gasteiger partial charge in [0.15, 0.2) is 5.96 Å². The van der Waals surface area contributed by atoms with E-state index in [0.29, 0.717) is 25.0 Å². The van der Waals surface area contributed by atoms with E-state index >= 15 is 0 Å². The summed E-state index contributed by atoms with van der Waals surface area (Å²) >= 11 is 0. The molecule has 2 rings (SSSR count). The molecule has 19 heavy (non-hydrogen) atoms. The minimum Gasteiger partial charge on any atom is -0.370 e. The molecule has 0 spiro atoms. The molecule has 2 aliphatic rings. The van der Waals surface area contributed by atoms with E-state index < -0.39 is 6.10 Å². The zero-order chi connectivity index (χ0) is 13.7. The molecule has 2 atom stereocenters. The van der Waals surface area contributed by atoms with Crippen LogP contribution in [0.15, 0.2) is 4.99 Å². The first-order chi connectivity index (χ1) is 9.15. The van der Waals surface area contributed by atoms with Gasteiger partial charge in [-0.05, 0) is 25.7 Å². The Labute approximate surface area is 114 Å². The number of ether oxygens (including phenoxy) is 1. The number of rotatable bonds is 4. The third kappa shape index (κ3) is 4.38. The Morgan fingerprint density at radius 3 is 2.53 bits per heavy atom. The number of hydrogen-bond acceptors (Lipinski definition) is 3. The summed E-state index contributed by atoms with van der Waals surface area (Å²) < 4.78 is 5.50. The normalized spacial score (nSPS) is 29.4. The van der Waals surface area contributed by atoms with Gasteiger partial charge in [-0.25, -0.2) is 0 Å². The largest absolute Gasteiger partial charge is 0.370 e. The Kier molecular flexibility index (Phi) is 5.01. The maximum atomic E-state index is 11.0. The number of nitrogens with zero attached hydrogens (tertiary/aromatic N) is 1. The van der Waals surface area contributed by atoms with Crippen LogP contribution < -0.4 is 16.8 Å². The van der Waals surface area contributed by atoms with Crippen LogP contribution in [-0.2, 0) is 9.53 Å². The summed E-state index contributed by atoms with van der Waals surface area (Å²) in [5, 5.41) is 3.26. The predicted octanol–water partition coefficient (Wildman–Crippen LogP) is 0.256. The number of carbonyl (C=O) groups excluding carboxylic acids is 1. The fourth-order valence-electron chi connectivity index (χ4n) is 2.75. The molecule has 2 fully saturated rings. The molecule has 1 heterocycles. The summed E-state index contributed by atoms with van der Waals surface area (Å²) in [6.07, 6.45) is 7.18. The van der Waals surface area contributed by atoms with E-state index in [1.807, 2.05) is 0 Å². The highest BCUT2D eigenvalue weighted by molar-refractivity contribution is 5.79. The molecule has 1 saturated carbocycles. The first-order valence-corrected chi connectivity index (χ1v) is 7.16. The predicted molar refractivity (Wildman–Crippen MR) is 73.6 cm³/mol. The number of nitrogens with one attached hydrogen (secondary N) is 1. The van der Waals surface area contributed by atoms with Gasteiger partial charge in [-0.1, -0.05) is 19.3 Å². The SMILES string of the molecule is NC(=O)C1CCC(CN=C(N)NC2CCCCC2)O1. The van der Waals surface area contributed by atoms with Crippen LogP contribution in [0.2, 0.25) is 0 Å². The van der Waals surface area contributed by atoms with Gasteiger partial charge in [-0.2, -0.15) is 0 Å². The highest BCUT2D eigenvalue weighted by Gasteiger charge is 2.28. The highest BCUT2D eigenvalue weighted by atomic mass is 16.5. The summed E-state index contributed by atoms with van der Waals surface area (Å²) in [6.45, 7) is 0.495. The van der Waals surface area contributed by atoms with Crippen LogP contribution in [0.25, 0.3) is 0 Å². The van der Waals surface area contributed by atoms with Gasteiger partial charge in [0.2, 0.25) is 5.91 Å². The lowest BCUT2D eigenvalue weighted by Gasteiger charge is -2.23. The second-order valence-corrected chi connectivity index (χ2v) is 5.43. The number of amides is 1. The van der Waals surface area contributed by atoms with Gasteiger partial charge in [-0.15, -0.1) is 0 Å². The molecular weight excluding hydrogens is 244 g/mol. The van der Waals surface area contributed by atoms with Crippen LogP contribution in [0.3, 0.4) is 0 Å². The number of primary amides is 1. The molecule has 108 valence electrons. The van der Waals surface area contributed by atoms with Gasteiger partial charge < -0.3 is 21.5 Å². The second kappa shape index (κ2) is 6.75. The van der Waals surface area contributed by atoms with Crippen molar-refractivity contribution in [3.63, 3.8) is 0 Å². The first kappa shape index (κ1) is 14.1. The third-order valence-corrected chi connectivity index (χ3v) is 3.85. The lowest BCUT2D eigenvalue weighted by Crippen LogP contribution is -2.41. The van der Waals surface area contributed by atoms with Crippen molar-refractivity contribution in [3.8, 4) is 0 Å². The monoisotopic (exact) mass is 268 g/mol. The molecule has 1 aliphatic heterocycles. The molecule has 1 aliphatic carbocycles. The topological polar surface area (TPSA) is 103 Å². The lowest BCUT2D eigenvalue weighted by molar-refractivity contribution is -0.128. The van der Waals surface area contributed by atoms with E-state index in [1.54, 1.807) is 0 Å². The number of guanidine groups is 1. The summed E-state index contributed by atoms with van der Waals surface area (Å²) in [5.74, 6) is 0.0952. The lowest BCUT2D eigenvalue weighted by atomic mass is 9.96. The standard InChI is InChI=1S/C13H24N4O2/c14-12(18)11-7-6-10(19-11)8-16-13(15)17-9-4-2-1-3-5-9/h9-11H,1-8H2,(H2,14,18)(H3,15,16,17). The van der Waals surface area contributed by atoms with Crippen molar-refractivity contribution in [2.24, 2.45) is 16.5 Å². The van der Waals surface area contributed by atoms with E-state index in [4.69, 9.17) is 16.2 Å². The van der Waals surface area contributed by atoms with E-state index in [2.05, 4.69) is 10.3 Å². The molecule has 1 amide bonds. The zero-order valence-electron chi connectivity index (χ0n) is 11.3. The fourth-order valence-corrected chi connectivity index (χ4v) is 2.75. The number of aliphatic imine (C=N–C) groups is 1. The van der Waals surface area contributed by atoms with Crippen molar-refractivity contribution < 1.29 is 9.53 Å². The minimum absolute atomic E-state index is 0.0378. The van der Waals surface area contributed by atoms with Gasteiger partial charge in [0.05, 0.1) is 12.6 Å². The van der Waals surface area contributed by atoms with Gasteiger partial charge in [0.1, 0.15) is 6.10 Å². The highest BCUT2D eigenvalue weighted by Crippen LogP contribution is 2.20. The number of nitrogens with two attached hydrogens (primary N) is 2. The van der Waals surface area contributed by atoms with Gasteiger partial charge in [-0.3, -0.25) is 9.79 Å². The van der Waals surface area contributed by atoms with Crippen LogP contribution in [0.1, 0.15) is 44.9 Å². The maximum Gasteiger partial charge on any atom is 0.246 e. The second-order valence-electron chi connectivity index (χ2n) is 5.43. The van der Waals surface area contributed by atoms with Crippen LogP contribution in [0, 0.1) is 0 Å². The molecule has 0 radical (unpaired) electrons. The average molecular weight is 268 g/mol. The summed E-state index contributed by atoms with van der Waals surface area (Å²) in [5.41, 5.74) is 11.1. The van der Waals surface area contributed by atoms with Crippen molar-refractivity contribution in [3.05, 3.63) is 0 Å². The Balaban J connectivity index is 1.71. The summed E-state index contributed by atoms with van der Waals surface area (Å²) in [7, 11) is 0. The molecule has 0 aromatic heterocycles. The third-order valence-electron chi connectivity index (χ3n) is 3.85. The van der Waals surface area contributed by atoms with Gasteiger partial charge in [0, 0.05) is 6.04 Å². The van der Waals surface area contributed by atoms with E-state index in [-0.39, 0.29) is 12.0 Å². The smallest absolute Gasteiger partial charge is 0.246 e. The summed E-state index contributed by atoms with van der Waals surface area (Å²) in [6, 6.07) is 0.459. The van der Waals surface area contributed by atoms with Crippen molar-refractivity contribution in [2.45, 2.75) is 63.2 Å². The maximum absolute atomic E-state index is 11.0. The van der Waals surface area contributed by atoms with Crippen molar-refractivity contribution in [1.29, 1.82) is 0 Å². The van der Waals surface area contributed by atoms with Gasteiger partial charge in [0.25, 0.3) is 0 Å². The van der Waals surface area contributed by atoms with E-state index in [9.17, 15) is 4.79 Å². The number of hydrogen-bond donors (Lipinski definition) is 3. The van der Waals surface area contributed by atoms with Crippen molar-refractivity contribution >= 4 is 11.9 Å². The quantitative estimate of drug-likeness (QED) is 0.502. The molecule has 0 aromatic rings. The van der Waals surface area contributed by atoms with Crippen LogP contribution in [0.4, 0.5) is 0 Å². The van der Waals surface area contributed by atoms with Crippen molar-refractivity contribution in [1.82, 2.24) is 5.32 Å². The first-order valence-electron chi connectivity index (χ1n) is 7.16. The molecule has 6 nitrogen and oxygen atoms in total. The molecule has 1 saturated heterocycles. The fraction of sp³-hybridized carbons (Fsp3) is 0.846. The van der Waals surface area contributed by atoms with E-state index in [0.717, 1.165) is 6.42 Å². The molecule has 6 heteroatoms. The van der Waals surface area contributed by atoms with Crippen LogP contribution >= 0.6 is 0 Å². The average Bonchev–Trinajstić information content (AvgIpc) is 2.86. The van der Waals surface area contributed by atoms with Crippen LogP contribution in [0.5, 0.6) is 0 Å². The zero-order valence-corrected chi connectivity index (χ0v) is 11.3. The Morgan fingerprint density at radius 2 is 1.89 bits per heavy atom. The minimum atomic E-state index is -0.451. The molecular formula is C13H24N4O2.